The summed E-state index contributed by atoms with van der Waals surface area (Å²) in [6, 6.07) is 7.62. The summed E-state index contributed by atoms with van der Waals surface area (Å²) in [6.45, 7) is 8.57. The zero-order valence-electron chi connectivity index (χ0n) is 12.1. The van der Waals surface area contributed by atoms with Crippen LogP contribution in [0.2, 0.25) is 5.02 Å². The molecule has 1 unspecified atom stereocenters. The Labute approximate surface area is 120 Å². The fraction of sp³-hybridized carbons (Fsp3) is 0.533. The second kappa shape index (κ2) is 6.92. The smallest absolute Gasteiger partial charge is 0.240 e. The van der Waals surface area contributed by atoms with Crippen molar-refractivity contribution in [2.24, 2.45) is 0 Å². The first-order valence-corrected chi connectivity index (χ1v) is 7.10. The highest BCUT2D eigenvalue weighted by Crippen LogP contribution is 2.21. The molecule has 3 nitrogen and oxygen atoms in total. The van der Waals surface area contributed by atoms with Gasteiger partial charge < -0.3 is 10.6 Å². The molecule has 0 aliphatic carbocycles. The van der Waals surface area contributed by atoms with Gasteiger partial charge >= 0.3 is 0 Å². The molecule has 4 heteroatoms. The zero-order chi connectivity index (χ0) is 14.5. The SMILES string of the molecule is CCNC(C)(C)C(=O)NC(CC)c1cccc(Cl)c1. The number of amides is 1. The van der Waals surface area contributed by atoms with Crippen molar-refractivity contribution in [2.45, 2.75) is 45.7 Å². The van der Waals surface area contributed by atoms with Crippen LogP contribution in [0.15, 0.2) is 24.3 Å². The summed E-state index contributed by atoms with van der Waals surface area (Å²) >= 11 is 6.00. The molecule has 0 aliphatic rings. The molecular formula is C15H23ClN2O. The molecule has 2 N–H and O–H groups in total. The molecule has 0 aromatic heterocycles. The van der Waals surface area contributed by atoms with Gasteiger partial charge in [0.15, 0.2) is 0 Å². The highest BCUT2D eigenvalue weighted by molar-refractivity contribution is 6.30. The van der Waals surface area contributed by atoms with Crippen LogP contribution in [-0.2, 0) is 4.79 Å². The van der Waals surface area contributed by atoms with Gasteiger partial charge in [0.1, 0.15) is 0 Å². The third-order valence-corrected chi connectivity index (χ3v) is 3.39. The van der Waals surface area contributed by atoms with E-state index in [0.29, 0.717) is 5.02 Å². The third-order valence-electron chi connectivity index (χ3n) is 3.15. The van der Waals surface area contributed by atoms with Crippen LogP contribution in [0.4, 0.5) is 0 Å². The number of rotatable bonds is 6. The van der Waals surface area contributed by atoms with Crippen molar-refractivity contribution in [1.29, 1.82) is 0 Å². The maximum Gasteiger partial charge on any atom is 0.240 e. The van der Waals surface area contributed by atoms with Gasteiger partial charge in [-0.3, -0.25) is 4.79 Å². The topological polar surface area (TPSA) is 41.1 Å². The van der Waals surface area contributed by atoms with Crippen molar-refractivity contribution in [3.63, 3.8) is 0 Å². The molecule has 0 bridgehead atoms. The van der Waals surface area contributed by atoms with Gasteiger partial charge in [-0.25, -0.2) is 0 Å². The van der Waals surface area contributed by atoms with E-state index in [1.807, 2.05) is 52.0 Å². The monoisotopic (exact) mass is 282 g/mol. The molecule has 1 atom stereocenters. The second-order valence-corrected chi connectivity index (χ2v) is 5.58. The molecule has 1 rings (SSSR count). The van der Waals surface area contributed by atoms with Gasteiger partial charge in [0.05, 0.1) is 11.6 Å². The van der Waals surface area contributed by atoms with Gasteiger partial charge in [0.2, 0.25) is 5.91 Å². The first kappa shape index (κ1) is 16.0. The molecule has 1 aromatic carbocycles. The Bertz CT molecular complexity index is 432. The summed E-state index contributed by atoms with van der Waals surface area (Å²) in [4.78, 5) is 12.3. The van der Waals surface area contributed by atoms with Crippen molar-refractivity contribution in [2.75, 3.05) is 6.54 Å². The lowest BCUT2D eigenvalue weighted by Crippen LogP contribution is -2.53. The van der Waals surface area contributed by atoms with Gasteiger partial charge in [-0.05, 0) is 44.5 Å². The lowest BCUT2D eigenvalue weighted by molar-refractivity contribution is -0.127. The van der Waals surface area contributed by atoms with Crippen LogP contribution in [0.1, 0.15) is 45.7 Å². The number of halogens is 1. The molecule has 0 saturated heterocycles. The van der Waals surface area contributed by atoms with E-state index in [2.05, 4.69) is 10.6 Å². The molecule has 0 saturated carbocycles. The van der Waals surface area contributed by atoms with Crippen molar-refractivity contribution >= 4 is 17.5 Å². The molecular weight excluding hydrogens is 260 g/mol. The number of benzene rings is 1. The predicted octanol–water partition coefficient (Wildman–Crippen LogP) is 3.30. The van der Waals surface area contributed by atoms with E-state index >= 15 is 0 Å². The average Bonchev–Trinajstić information content (AvgIpc) is 2.35. The van der Waals surface area contributed by atoms with Gasteiger partial charge in [0, 0.05) is 5.02 Å². The lowest BCUT2D eigenvalue weighted by atomic mass is 10.0. The first-order chi connectivity index (χ1) is 8.90. The summed E-state index contributed by atoms with van der Waals surface area (Å²) in [6.07, 6.45) is 0.828. The van der Waals surface area contributed by atoms with Crippen molar-refractivity contribution < 1.29 is 4.79 Å². The fourth-order valence-corrected chi connectivity index (χ4v) is 2.20. The number of likely N-dealkylation sites (N-methyl/N-ethyl adjacent to an activating group) is 1. The van der Waals surface area contributed by atoms with Crippen molar-refractivity contribution in [3.05, 3.63) is 34.9 Å². The molecule has 1 amide bonds. The minimum absolute atomic E-state index is 0.00109. The molecule has 19 heavy (non-hydrogen) atoms. The largest absolute Gasteiger partial charge is 0.348 e. The quantitative estimate of drug-likeness (QED) is 0.841. The van der Waals surface area contributed by atoms with Gasteiger partial charge in [0.25, 0.3) is 0 Å². The number of carbonyl (C=O) groups excluding carboxylic acids is 1. The van der Waals surface area contributed by atoms with E-state index in [4.69, 9.17) is 11.6 Å². The Hall–Kier alpha value is -1.06. The highest BCUT2D eigenvalue weighted by Gasteiger charge is 2.28. The van der Waals surface area contributed by atoms with E-state index in [-0.39, 0.29) is 11.9 Å². The average molecular weight is 283 g/mol. The Morgan fingerprint density at radius 3 is 2.58 bits per heavy atom. The summed E-state index contributed by atoms with van der Waals surface area (Å²) in [5.41, 5.74) is 0.469. The van der Waals surface area contributed by atoms with Gasteiger partial charge in [-0.2, -0.15) is 0 Å². The fourth-order valence-electron chi connectivity index (χ4n) is 2.01. The number of nitrogens with one attached hydrogen (secondary N) is 2. The van der Waals surface area contributed by atoms with Crippen LogP contribution in [0.3, 0.4) is 0 Å². The van der Waals surface area contributed by atoms with Crippen LogP contribution in [0.25, 0.3) is 0 Å². The van der Waals surface area contributed by atoms with Crippen LogP contribution in [0, 0.1) is 0 Å². The van der Waals surface area contributed by atoms with E-state index < -0.39 is 5.54 Å². The number of hydrogen-bond donors (Lipinski definition) is 2. The van der Waals surface area contributed by atoms with Gasteiger partial charge in [-0.1, -0.05) is 37.6 Å². The maximum absolute atomic E-state index is 12.3. The van der Waals surface area contributed by atoms with E-state index in [1.165, 1.54) is 0 Å². The predicted molar refractivity (Wildman–Crippen MR) is 80.4 cm³/mol. The zero-order valence-corrected chi connectivity index (χ0v) is 12.8. The van der Waals surface area contributed by atoms with E-state index in [0.717, 1.165) is 18.5 Å². The lowest BCUT2D eigenvalue weighted by Gasteiger charge is -2.28. The van der Waals surface area contributed by atoms with Crippen LogP contribution >= 0.6 is 11.6 Å². The Morgan fingerprint density at radius 1 is 1.37 bits per heavy atom. The van der Waals surface area contributed by atoms with Gasteiger partial charge in [-0.15, -0.1) is 0 Å². The second-order valence-electron chi connectivity index (χ2n) is 5.14. The minimum atomic E-state index is -0.569. The Morgan fingerprint density at radius 2 is 2.05 bits per heavy atom. The molecule has 0 fully saturated rings. The molecule has 0 aliphatic heterocycles. The summed E-state index contributed by atoms with van der Waals surface area (Å²) in [5.74, 6) is 0.00109. The Kier molecular flexibility index (Phi) is 5.83. The standard InChI is InChI=1S/C15H23ClN2O/c1-5-13(11-8-7-9-12(16)10-11)18-14(19)15(3,4)17-6-2/h7-10,13,17H,5-6H2,1-4H3,(H,18,19). The van der Waals surface area contributed by atoms with Crippen molar-refractivity contribution in [3.8, 4) is 0 Å². The molecule has 106 valence electrons. The number of carbonyl (C=O) groups is 1. The van der Waals surface area contributed by atoms with Crippen LogP contribution in [0.5, 0.6) is 0 Å². The Balaban J connectivity index is 2.80. The van der Waals surface area contributed by atoms with Crippen LogP contribution < -0.4 is 10.6 Å². The van der Waals surface area contributed by atoms with E-state index in [1.54, 1.807) is 0 Å². The summed E-state index contributed by atoms with van der Waals surface area (Å²) in [5, 5.41) is 6.94. The molecule has 0 heterocycles. The molecule has 0 spiro atoms. The minimum Gasteiger partial charge on any atom is -0.348 e. The van der Waals surface area contributed by atoms with Crippen LogP contribution in [-0.4, -0.2) is 18.0 Å². The summed E-state index contributed by atoms with van der Waals surface area (Å²) in [7, 11) is 0. The summed E-state index contributed by atoms with van der Waals surface area (Å²) < 4.78 is 0. The highest BCUT2D eigenvalue weighted by atomic mass is 35.5. The third kappa shape index (κ3) is 4.51. The normalized spacial score (nSPS) is 13.1. The molecule has 1 aromatic rings. The maximum atomic E-state index is 12.3. The molecule has 0 radical (unpaired) electrons. The van der Waals surface area contributed by atoms with Crippen molar-refractivity contribution in [1.82, 2.24) is 10.6 Å². The van der Waals surface area contributed by atoms with E-state index in [9.17, 15) is 4.79 Å². The number of hydrogen-bond acceptors (Lipinski definition) is 2. The first-order valence-electron chi connectivity index (χ1n) is 6.72.